The Bertz CT molecular complexity index is 796. The lowest BCUT2D eigenvalue weighted by atomic mass is 10.1. The molecule has 2 rings (SSSR count). The van der Waals surface area contributed by atoms with Crippen LogP contribution in [0.4, 0.5) is 5.69 Å². The van der Waals surface area contributed by atoms with Crippen LogP contribution in [0.2, 0.25) is 0 Å². The number of carbonyl (C=O) groups is 4. The minimum absolute atomic E-state index is 0.0538. The summed E-state index contributed by atoms with van der Waals surface area (Å²) in [5.41, 5.74) is 0.942. The van der Waals surface area contributed by atoms with Crippen molar-refractivity contribution in [2.45, 2.75) is 39.7 Å². The number of hydrogen-bond acceptors (Lipinski definition) is 6. The number of benzene rings is 1. The molecule has 9 nitrogen and oxygen atoms in total. The van der Waals surface area contributed by atoms with Gasteiger partial charge in [-0.1, -0.05) is 26.8 Å². The third-order valence-electron chi connectivity index (χ3n) is 4.67. The first kappa shape index (κ1) is 24.3. The van der Waals surface area contributed by atoms with Gasteiger partial charge < -0.3 is 20.7 Å². The first-order valence-corrected chi connectivity index (χ1v) is 10.7. The van der Waals surface area contributed by atoms with Gasteiger partial charge in [-0.05, 0) is 30.5 Å². The molecule has 31 heavy (non-hydrogen) atoms. The topological polar surface area (TPSA) is 117 Å². The van der Waals surface area contributed by atoms with Gasteiger partial charge in [0.25, 0.3) is 5.91 Å². The predicted molar refractivity (Wildman–Crippen MR) is 116 cm³/mol. The fraction of sp³-hybridized carbons (Fsp3) is 0.545. The Kier molecular flexibility index (Phi) is 9.45. The molecule has 1 heterocycles. The van der Waals surface area contributed by atoms with Gasteiger partial charge in [0.1, 0.15) is 6.04 Å². The van der Waals surface area contributed by atoms with E-state index in [-0.39, 0.29) is 43.2 Å². The van der Waals surface area contributed by atoms with Crippen molar-refractivity contribution in [2.75, 3.05) is 38.1 Å². The van der Waals surface area contributed by atoms with E-state index in [0.717, 1.165) is 6.42 Å². The summed E-state index contributed by atoms with van der Waals surface area (Å²) in [4.78, 5) is 50.8. The van der Waals surface area contributed by atoms with E-state index in [9.17, 15) is 19.2 Å². The smallest absolute Gasteiger partial charge is 0.307 e. The fourth-order valence-corrected chi connectivity index (χ4v) is 3.11. The Morgan fingerprint density at radius 3 is 2.77 bits per heavy atom. The number of ether oxygens (including phenoxy) is 1. The highest BCUT2D eigenvalue weighted by Crippen LogP contribution is 2.13. The van der Waals surface area contributed by atoms with Gasteiger partial charge >= 0.3 is 5.97 Å². The average Bonchev–Trinajstić information content (AvgIpc) is 2.73. The molecule has 0 radical (unpaired) electrons. The average molecular weight is 433 g/mol. The largest absolute Gasteiger partial charge is 0.465 e. The number of nitrogens with one attached hydrogen (secondary N) is 3. The number of rotatable bonds is 10. The van der Waals surface area contributed by atoms with E-state index < -0.39 is 12.0 Å². The van der Waals surface area contributed by atoms with E-state index in [4.69, 9.17) is 4.74 Å². The molecule has 0 saturated carbocycles. The minimum Gasteiger partial charge on any atom is -0.465 e. The summed E-state index contributed by atoms with van der Waals surface area (Å²) in [6, 6.07) is 5.91. The molecule has 1 aliphatic rings. The molecule has 1 atom stereocenters. The van der Waals surface area contributed by atoms with Crippen molar-refractivity contribution in [2.24, 2.45) is 5.92 Å². The quantitative estimate of drug-likeness (QED) is 0.478. The molecule has 0 spiro atoms. The molecule has 1 aromatic rings. The summed E-state index contributed by atoms with van der Waals surface area (Å²) in [6.45, 7) is 7.48. The molecular formula is C22H32N4O5. The van der Waals surface area contributed by atoms with Crippen molar-refractivity contribution >= 4 is 29.4 Å². The summed E-state index contributed by atoms with van der Waals surface area (Å²) in [6.07, 6.45) is 0.719. The fourth-order valence-electron chi connectivity index (χ4n) is 3.11. The predicted octanol–water partition coefficient (Wildman–Crippen LogP) is 1.15. The second-order valence-corrected chi connectivity index (χ2v) is 7.94. The van der Waals surface area contributed by atoms with Crippen LogP contribution in [-0.4, -0.2) is 67.4 Å². The van der Waals surface area contributed by atoms with Crippen LogP contribution in [0.25, 0.3) is 0 Å². The lowest BCUT2D eigenvalue weighted by Crippen LogP contribution is -2.57. The minimum atomic E-state index is -0.759. The SMILES string of the molecule is CCCNC(=O)c1cccc(NC(=O)CN2CCNC(=O)C2CC(=O)OCC(C)C)c1. The molecule has 0 bridgehead atoms. The standard InChI is InChI=1S/C22H32N4O5/c1-4-8-23-21(29)16-6-5-7-17(11-16)25-19(27)13-26-10-9-24-22(30)18(26)12-20(28)31-14-15(2)3/h5-7,11,15,18H,4,8-10,12-14H2,1-3H3,(H,23,29)(H,24,30)(H,25,27). The summed E-state index contributed by atoms with van der Waals surface area (Å²) < 4.78 is 5.18. The number of hydrogen-bond donors (Lipinski definition) is 3. The summed E-state index contributed by atoms with van der Waals surface area (Å²) in [5, 5.41) is 8.28. The highest BCUT2D eigenvalue weighted by molar-refractivity contribution is 5.98. The molecule has 1 fully saturated rings. The van der Waals surface area contributed by atoms with Crippen LogP contribution in [0.3, 0.4) is 0 Å². The van der Waals surface area contributed by atoms with Gasteiger partial charge in [0.05, 0.1) is 19.6 Å². The Morgan fingerprint density at radius 2 is 2.06 bits per heavy atom. The van der Waals surface area contributed by atoms with E-state index in [1.807, 2.05) is 20.8 Å². The maximum Gasteiger partial charge on any atom is 0.307 e. The third-order valence-corrected chi connectivity index (χ3v) is 4.67. The van der Waals surface area contributed by atoms with Crippen molar-refractivity contribution < 1.29 is 23.9 Å². The van der Waals surface area contributed by atoms with Gasteiger partial charge in [0.2, 0.25) is 11.8 Å². The zero-order valence-corrected chi connectivity index (χ0v) is 18.4. The van der Waals surface area contributed by atoms with Crippen molar-refractivity contribution in [1.29, 1.82) is 0 Å². The number of piperazine rings is 1. The maximum atomic E-state index is 12.6. The van der Waals surface area contributed by atoms with E-state index in [2.05, 4.69) is 16.0 Å². The molecule has 3 N–H and O–H groups in total. The Labute approximate surface area is 182 Å². The highest BCUT2D eigenvalue weighted by atomic mass is 16.5. The van der Waals surface area contributed by atoms with Gasteiger partial charge in [0.15, 0.2) is 0 Å². The molecule has 1 saturated heterocycles. The van der Waals surface area contributed by atoms with Crippen molar-refractivity contribution in [1.82, 2.24) is 15.5 Å². The van der Waals surface area contributed by atoms with Crippen LogP contribution in [0.1, 0.15) is 44.0 Å². The number of carbonyl (C=O) groups excluding carboxylic acids is 4. The van der Waals surface area contributed by atoms with Crippen molar-refractivity contribution in [3.8, 4) is 0 Å². The molecule has 1 aliphatic heterocycles. The number of anilines is 1. The highest BCUT2D eigenvalue weighted by Gasteiger charge is 2.33. The van der Waals surface area contributed by atoms with E-state index in [1.165, 1.54) is 0 Å². The molecule has 1 aromatic carbocycles. The van der Waals surface area contributed by atoms with E-state index in [0.29, 0.717) is 30.9 Å². The second-order valence-electron chi connectivity index (χ2n) is 7.94. The lowest BCUT2D eigenvalue weighted by molar-refractivity contribution is -0.149. The molecule has 0 aromatic heterocycles. The van der Waals surface area contributed by atoms with Gasteiger partial charge in [-0.2, -0.15) is 0 Å². The van der Waals surface area contributed by atoms with E-state index in [1.54, 1.807) is 29.2 Å². The van der Waals surface area contributed by atoms with Crippen LogP contribution >= 0.6 is 0 Å². The molecule has 9 heteroatoms. The van der Waals surface area contributed by atoms with Crippen LogP contribution in [0.5, 0.6) is 0 Å². The van der Waals surface area contributed by atoms with Crippen molar-refractivity contribution in [3.05, 3.63) is 29.8 Å². The summed E-state index contributed by atoms with van der Waals surface area (Å²) in [7, 11) is 0. The zero-order chi connectivity index (χ0) is 22.8. The van der Waals surface area contributed by atoms with E-state index >= 15 is 0 Å². The second kappa shape index (κ2) is 12.0. The monoisotopic (exact) mass is 432 g/mol. The van der Waals surface area contributed by atoms with Crippen molar-refractivity contribution in [3.63, 3.8) is 0 Å². The van der Waals surface area contributed by atoms with Gasteiger partial charge in [-0.3, -0.25) is 24.1 Å². The number of amides is 3. The Hall–Kier alpha value is -2.94. The molecule has 0 aliphatic carbocycles. The first-order chi connectivity index (χ1) is 14.8. The molecule has 1 unspecified atom stereocenters. The molecule has 3 amide bonds. The normalized spacial score (nSPS) is 16.5. The number of esters is 1. The first-order valence-electron chi connectivity index (χ1n) is 10.7. The summed E-state index contributed by atoms with van der Waals surface area (Å²) >= 11 is 0. The zero-order valence-electron chi connectivity index (χ0n) is 18.4. The lowest BCUT2D eigenvalue weighted by Gasteiger charge is -2.33. The van der Waals surface area contributed by atoms with Crippen LogP contribution in [0, 0.1) is 5.92 Å². The van der Waals surface area contributed by atoms with Crippen LogP contribution in [0.15, 0.2) is 24.3 Å². The summed E-state index contributed by atoms with van der Waals surface area (Å²) in [5.74, 6) is -1.10. The maximum absolute atomic E-state index is 12.6. The van der Waals surface area contributed by atoms with Crippen LogP contribution < -0.4 is 16.0 Å². The number of nitrogens with zero attached hydrogens (tertiary/aromatic N) is 1. The van der Waals surface area contributed by atoms with Gasteiger partial charge in [0, 0.05) is 30.9 Å². The molecular weight excluding hydrogens is 400 g/mol. The third kappa shape index (κ3) is 8.01. The van der Waals surface area contributed by atoms with Crippen LogP contribution in [-0.2, 0) is 19.1 Å². The van der Waals surface area contributed by atoms with Gasteiger partial charge in [-0.25, -0.2) is 0 Å². The Morgan fingerprint density at radius 1 is 1.29 bits per heavy atom. The Balaban J connectivity index is 1.96. The van der Waals surface area contributed by atoms with Gasteiger partial charge in [-0.15, -0.1) is 0 Å². The molecule has 170 valence electrons.